The van der Waals surface area contributed by atoms with Gasteiger partial charge in [0.05, 0.1) is 5.69 Å². The Bertz CT molecular complexity index is 366. The van der Waals surface area contributed by atoms with Crippen molar-refractivity contribution in [3.05, 3.63) is 11.3 Å². The van der Waals surface area contributed by atoms with Crippen molar-refractivity contribution >= 4 is 5.82 Å². The molecule has 4 nitrogen and oxygen atoms in total. The number of nitrogens with two attached hydrogens (primary N) is 1. The second-order valence-electron chi connectivity index (χ2n) is 5.36. The van der Waals surface area contributed by atoms with Gasteiger partial charge >= 0.3 is 0 Å². The lowest BCUT2D eigenvalue weighted by molar-refractivity contribution is 0.551. The zero-order chi connectivity index (χ0) is 13.2. The Morgan fingerprint density at radius 1 is 1.29 bits per heavy atom. The van der Waals surface area contributed by atoms with Gasteiger partial charge in [-0.3, -0.25) is 4.68 Å². The average Bonchev–Trinajstić information content (AvgIpc) is 2.48. The summed E-state index contributed by atoms with van der Waals surface area (Å²) < 4.78 is 1.96. The van der Waals surface area contributed by atoms with E-state index in [1.165, 1.54) is 11.4 Å². The summed E-state index contributed by atoms with van der Waals surface area (Å²) in [5.74, 6) is 1.80. The highest BCUT2D eigenvalue weighted by Gasteiger charge is 2.21. The van der Waals surface area contributed by atoms with Gasteiger partial charge < -0.3 is 10.6 Å². The maximum Gasteiger partial charge on any atom is 0.131 e. The van der Waals surface area contributed by atoms with Gasteiger partial charge in [-0.2, -0.15) is 5.10 Å². The van der Waals surface area contributed by atoms with Gasteiger partial charge in [-0.25, -0.2) is 0 Å². The number of aromatic nitrogens is 2. The summed E-state index contributed by atoms with van der Waals surface area (Å²) in [6.07, 6.45) is 0. The highest BCUT2D eigenvalue weighted by Crippen LogP contribution is 2.25. The molecular weight excluding hydrogens is 212 g/mol. The Kier molecular flexibility index (Phi) is 4.57. The molecule has 0 spiro atoms. The van der Waals surface area contributed by atoms with E-state index in [9.17, 15) is 0 Å². The highest BCUT2D eigenvalue weighted by molar-refractivity contribution is 5.50. The first kappa shape index (κ1) is 14.0. The van der Waals surface area contributed by atoms with Crippen molar-refractivity contribution in [3.63, 3.8) is 0 Å². The van der Waals surface area contributed by atoms with Gasteiger partial charge in [-0.05, 0) is 26.7 Å². The predicted molar refractivity (Wildman–Crippen MR) is 73.2 cm³/mol. The third kappa shape index (κ3) is 3.00. The molecule has 0 saturated heterocycles. The summed E-state index contributed by atoms with van der Waals surface area (Å²) in [4.78, 5) is 2.40. The second-order valence-corrected chi connectivity index (χ2v) is 5.36. The molecule has 1 aromatic rings. The van der Waals surface area contributed by atoms with E-state index in [4.69, 9.17) is 5.73 Å². The van der Waals surface area contributed by atoms with Crippen molar-refractivity contribution in [2.45, 2.75) is 47.2 Å². The van der Waals surface area contributed by atoms with Crippen LogP contribution in [0, 0.1) is 12.8 Å². The quantitative estimate of drug-likeness (QED) is 0.854. The molecule has 0 amide bonds. The van der Waals surface area contributed by atoms with Gasteiger partial charge in [0.25, 0.3) is 0 Å². The Balaban J connectivity index is 3.17. The minimum Gasteiger partial charge on any atom is -0.354 e. The van der Waals surface area contributed by atoms with Crippen LogP contribution in [0.2, 0.25) is 0 Å². The first-order valence-corrected chi connectivity index (χ1v) is 6.37. The van der Waals surface area contributed by atoms with E-state index in [1.807, 2.05) is 18.7 Å². The van der Waals surface area contributed by atoms with Crippen LogP contribution in [-0.4, -0.2) is 22.4 Å². The number of nitrogens with zero attached hydrogens (tertiary/aromatic N) is 3. The number of anilines is 1. The summed E-state index contributed by atoms with van der Waals surface area (Å²) in [7, 11) is 2.00. The molecule has 1 heterocycles. The zero-order valence-electron chi connectivity index (χ0n) is 12.0. The van der Waals surface area contributed by atoms with Crippen LogP contribution in [0.15, 0.2) is 0 Å². The van der Waals surface area contributed by atoms with Crippen LogP contribution in [0.3, 0.4) is 0 Å². The third-order valence-electron chi connectivity index (χ3n) is 2.97. The summed E-state index contributed by atoms with van der Waals surface area (Å²) in [6.45, 7) is 12.5. The van der Waals surface area contributed by atoms with Crippen LogP contribution >= 0.6 is 0 Å². The topological polar surface area (TPSA) is 47.1 Å². The van der Waals surface area contributed by atoms with E-state index in [1.54, 1.807) is 0 Å². The van der Waals surface area contributed by atoms with E-state index in [0.29, 0.717) is 18.5 Å². The number of aryl methyl sites for hydroxylation is 2. The Labute approximate surface area is 105 Å². The molecule has 0 saturated carbocycles. The summed E-state index contributed by atoms with van der Waals surface area (Å²) in [6, 6.07) is 0.456. The lowest BCUT2D eigenvalue weighted by Crippen LogP contribution is -2.36. The van der Waals surface area contributed by atoms with Crippen LogP contribution in [0.5, 0.6) is 0 Å². The fraction of sp³-hybridized carbons (Fsp3) is 0.769. The molecule has 98 valence electrons. The van der Waals surface area contributed by atoms with Crippen LogP contribution in [0.1, 0.15) is 39.0 Å². The molecule has 0 fully saturated rings. The smallest absolute Gasteiger partial charge is 0.131 e. The standard InChI is InChI=1S/C13H26N4/c1-9(2)8-17(10(3)4)13-12(7-14)11(5)15-16(13)6/h9-10H,7-8,14H2,1-6H3. The lowest BCUT2D eigenvalue weighted by Gasteiger charge is -2.31. The van der Waals surface area contributed by atoms with Crippen molar-refractivity contribution in [2.24, 2.45) is 18.7 Å². The molecule has 0 aliphatic rings. The molecule has 1 aromatic heterocycles. The fourth-order valence-electron chi connectivity index (χ4n) is 2.22. The van der Waals surface area contributed by atoms with Crippen molar-refractivity contribution in [2.75, 3.05) is 11.4 Å². The molecule has 4 heteroatoms. The van der Waals surface area contributed by atoms with Crippen molar-refractivity contribution in [1.29, 1.82) is 0 Å². The van der Waals surface area contributed by atoms with Crippen LogP contribution in [0.25, 0.3) is 0 Å². The molecule has 0 aliphatic heterocycles. The van der Waals surface area contributed by atoms with Gasteiger partial charge in [0.1, 0.15) is 5.82 Å². The van der Waals surface area contributed by atoms with E-state index in [0.717, 1.165) is 12.2 Å². The largest absolute Gasteiger partial charge is 0.354 e. The Hall–Kier alpha value is -1.03. The van der Waals surface area contributed by atoms with E-state index >= 15 is 0 Å². The zero-order valence-corrected chi connectivity index (χ0v) is 12.0. The highest BCUT2D eigenvalue weighted by atomic mass is 15.4. The van der Waals surface area contributed by atoms with E-state index < -0.39 is 0 Å². The molecule has 0 unspecified atom stereocenters. The first-order chi connectivity index (χ1) is 7.88. The minimum absolute atomic E-state index is 0.456. The molecule has 17 heavy (non-hydrogen) atoms. The van der Waals surface area contributed by atoms with Crippen LogP contribution < -0.4 is 10.6 Å². The first-order valence-electron chi connectivity index (χ1n) is 6.37. The molecule has 0 aromatic carbocycles. The van der Waals surface area contributed by atoms with Crippen molar-refractivity contribution in [3.8, 4) is 0 Å². The van der Waals surface area contributed by atoms with Gasteiger partial charge in [0.15, 0.2) is 0 Å². The van der Waals surface area contributed by atoms with Crippen molar-refractivity contribution < 1.29 is 0 Å². The number of rotatable bonds is 5. The predicted octanol–water partition coefficient (Wildman–Crippen LogP) is 2.06. The molecule has 2 N–H and O–H groups in total. The van der Waals surface area contributed by atoms with Gasteiger partial charge in [-0.15, -0.1) is 0 Å². The Morgan fingerprint density at radius 3 is 2.29 bits per heavy atom. The third-order valence-corrected chi connectivity index (χ3v) is 2.97. The van der Waals surface area contributed by atoms with Gasteiger partial charge in [0, 0.05) is 31.7 Å². The minimum atomic E-state index is 0.456. The maximum absolute atomic E-state index is 5.85. The maximum atomic E-state index is 5.85. The second kappa shape index (κ2) is 5.54. The van der Waals surface area contributed by atoms with E-state index in [2.05, 4.69) is 37.7 Å². The molecule has 0 radical (unpaired) electrons. The summed E-state index contributed by atoms with van der Waals surface area (Å²) >= 11 is 0. The van der Waals surface area contributed by atoms with Crippen molar-refractivity contribution in [1.82, 2.24) is 9.78 Å². The average molecular weight is 238 g/mol. The molecule has 1 rings (SSSR count). The van der Waals surface area contributed by atoms with Crippen LogP contribution in [-0.2, 0) is 13.6 Å². The van der Waals surface area contributed by atoms with Gasteiger partial charge in [-0.1, -0.05) is 13.8 Å². The SMILES string of the molecule is Cc1nn(C)c(N(CC(C)C)C(C)C)c1CN. The number of hydrogen-bond donors (Lipinski definition) is 1. The summed E-state index contributed by atoms with van der Waals surface area (Å²) in [5.41, 5.74) is 8.06. The molecule has 0 atom stereocenters. The lowest BCUT2D eigenvalue weighted by atomic mass is 10.1. The monoisotopic (exact) mass is 238 g/mol. The van der Waals surface area contributed by atoms with Crippen LogP contribution in [0.4, 0.5) is 5.82 Å². The fourth-order valence-corrected chi connectivity index (χ4v) is 2.22. The van der Waals surface area contributed by atoms with Gasteiger partial charge in [0.2, 0.25) is 0 Å². The normalized spacial score (nSPS) is 11.6. The summed E-state index contributed by atoms with van der Waals surface area (Å²) in [5, 5.41) is 4.49. The van der Waals surface area contributed by atoms with E-state index in [-0.39, 0.29) is 0 Å². The number of hydrogen-bond acceptors (Lipinski definition) is 3. The molecular formula is C13H26N4. The molecule has 0 aliphatic carbocycles. The Morgan fingerprint density at radius 2 is 1.88 bits per heavy atom. The molecule has 0 bridgehead atoms.